The molecule has 1 heteroatoms. The van der Waals surface area contributed by atoms with E-state index < -0.39 is 0 Å². The maximum atomic E-state index is 3.41. The lowest BCUT2D eigenvalue weighted by Gasteiger charge is -2.02. The molecule has 1 N–H and O–H groups in total. The van der Waals surface area contributed by atoms with Crippen molar-refractivity contribution in [2.24, 2.45) is 0 Å². The van der Waals surface area contributed by atoms with Crippen LogP contribution >= 0.6 is 0 Å². The highest BCUT2D eigenvalue weighted by Crippen LogP contribution is 1.97. The van der Waals surface area contributed by atoms with Gasteiger partial charge in [-0.15, -0.1) is 0 Å². The minimum atomic E-state index is 0.970. The Morgan fingerprint density at radius 2 is 1.93 bits per heavy atom. The summed E-state index contributed by atoms with van der Waals surface area (Å²) in [6.07, 6.45) is 3.38. The van der Waals surface area contributed by atoms with Crippen molar-refractivity contribution in [2.75, 3.05) is 6.54 Å². The number of hydrogen-bond acceptors (Lipinski definition) is 1. The van der Waals surface area contributed by atoms with Gasteiger partial charge in [-0.05, 0) is 32.4 Å². The first-order valence-electron chi connectivity index (χ1n) is 5.17. The van der Waals surface area contributed by atoms with E-state index in [1.807, 2.05) is 6.07 Å². The molecule has 0 bridgehead atoms. The van der Waals surface area contributed by atoms with Crippen LogP contribution in [0.15, 0.2) is 42.0 Å². The van der Waals surface area contributed by atoms with Gasteiger partial charge in [0.25, 0.3) is 0 Å². The quantitative estimate of drug-likeness (QED) is 0.554. The number of hydrogen-bond donors (Lipinski definition) is 1. The highest BCUT2D eigenvalue weighted by Gasteiger charge is 1.89. The molecule has 0 fully saturated rings. The van der Waals surface area contributed by atoms with Gasteiger partial charge in [-0.1, -0.05) is 42.0 Å². The van der Waals surface area contributed by atoms with E-state index in [0.29, 0.717) is 0 Å². The van der Waals surface area contributed by atoms with Crippen molar-refractivity contribution in [1.29, 1.82) is 0 Å². The molecule has 0 aliphatic heterocycles. The molecule has 1 aromatic carbocycles. The van der Waals surface area contributed by atoms with Gasteiger partial charge in [-0.3, -0.25) is 0 Å². The molecule has 0 saturated heterocycles. The van der Waals surface area contributed by atoms with Crippen molar-refractivity contribution in [2.45, 2.75) is 26.8 Å². The molecule has 0 radical (unpaired) electrons. The van der Waals surface area contributed by atoms with E-state index in [4.69, 9.17) is 0 Å². The topological polar surface area (TPSA) is 12.0 Å². The van der Waals surface area contributed by atoms with Crippen LogP contribution in [0.1, 0.15) is 25.8 Å². The molecule has 1 aromatic rings. The standard InChI is InChI=1S/C13H19N/c1-12(2)7-6-10-14-11-13-8-4-3-5-9-13/h3-5,7-9,14H,6,10-11H2,1-2H3. The van der Waals surface area contributed by atoms with Crippen LogP contribution in [0.4, 0.5) is 0 Å². The van der Waals surface area contributed by atoms with E-state index in [-0.39, 0.29) is 0 Å². The summed E-state index contributed by atoms with van der Waals surface area (Å²) >= 11 is 0. The lowest BCUT2D eigenvalue weighted by atomic mass is 10.2. The number of allylic oxidation sites excluding steroid dienone is 1. The van der Waals surface area contributed by atoms with E-state index >= 15 is 0 Å². The third-order valence-corrected chi connectivity index (χ3v) is 2.05. The third-order valence-electron chi connectivity index (χ3n) is 2.05. The normalized spacial score (nSPS) is 9.86. The lowest BCUT2D eigenvalue weighted by molar-refractivity contribution is 0.694. The number of nitrogens with one attached hydrogen (secondary N) is 1. The molecule has 0 unspecified atom stereocenters. The van der Waals surface area contributed by atoms with Crippen molar-refractivity contribution in [3.63, 3.8) is 0 Å². The monoisotopic (exact) mass is 189 g/mol. The van der Waals surface area contributed by atoms with Crippen LogP contribution in [0.3, 0.4) is 0 Å². The van der Waals surface area contributed by atoms with Crippen LogP contribution in [-0.4, -0.2) is 6.54 Å². The van der Waals surface area contributed by atoms with Crippen molar-refractivity contribution < 1.29 is 0 Å². The molecule has 0 aromatic heterocycles. The first kappa shape index (κ1) is 11.0. The summed E-state index contributed by atoms with van der Waals surface area (Å²) in [5.41, 5.74) is 2.75. The summed E-state index contributed by atoms with van der Waals surface area (Å²) in [5.74, 6) is 0. The van der Waals surface area contributed by atoms with Crippen molar-refractivity contribution >= 4 is 0 Å². The van der Waals surface area contributed by atoms with E-state index in [1.165, 1.54) is 11.1 Å². The SMILES string of the molecule is CC(C)=CCCNCc1ccccc1. The van der Waals surface area contributed by atoms with Gasteiger partial charge in [-0.25, -0.2) is 0 Å². The van der Waals surface area contributed by atoms with Gasteiger partial charge in [0.15, 0.2) is 0 Å². The van der Waals surface area contributed by atoms with Gasteiger partial charge in [0, 0.05) is 6.54 Å². The van der Waals surface area contributed by atoms with Gasteiger partial charge < -0.3 is 5.32 Å². The average Bonchev–Trinajstić information content (AvgIpc) is 2.18. The molecule has 0 aliphatic rings. The molecular weight excluding hydrogens is 170 g/mol. The Balaban J connectivity index is 2.14. The second kappa shape index (κ2) is 6.39. The van der Waals surface area contributed by atoms with Crippen LogP contribution in [0.25, 0.3) is 0 Å². The summed E-state index contributed by atoms with van der Waals surface area (Å²) in [7, 11) is 0. The predicted molar refractivity (Wildman–Crippen MR) is 62.2 cm³/mol. The summed E-state index contributed by atoms with van der Waals surface area (Å²) in [6.45, 7) is 6.30. The Hall–Kier alpha value is -1.08. The fourth-order valence-corrected chi connectivity index (χ4v) is 1.29. The maximum absolute atomic E-state index is 3.41. The Labute approximate surface area is 86.8 Å². The number of rotatable bonds is 5. The predicted octanol–water partition coefficient (Wildman–Crippen LogP) is 3.13. The maximum Gasteiger partial charge on any atom is 0.0205 e. The Morgan fingerprint density at radius 1 is 1.21 bits per heavy atom. The van der Waals surface area contributed by atoms with E-state index in [2.05, 4.69) is 49.5 Å². The molecule has 1 rings (SSSR count). The van der Waals surface area contributed by atoms with Crippen LogP contribution in [0.2, 0.25) is 0 Å². The van der Waals surface area contributed by atoms with E-state index in [0.717, 1.165) is 19.5 Å². The smallest absolute Gasteiger partial charge is 0.0205 e. The number of benzene rings is 1. The highest BCUT2D eigenvalue weighted by atomic mass is 14.8. The minimum Gasteiger partial charge on any atom is -0.312 e. The Bertz CT molecular complexity index is 271. The summed E-state index contributed by atoms with van der Waals surface area (Å²) < 4.78 is 0. The first-order valence-corrected chi connectivity index (χ1v) is 5.17. The first-order chi connectivity index (χ1) is 6.79. The molecule has 0 atom stereocenters. The zero-order valence-corrected chi connectivity index (χ0v) is 9.09. The second-order valence-electron chi connectivity index (χ2n) is 3.73. The van der Waals surface area contributed by atoms with Crippen LogP contribution in [-0.2, 0) is 6.54 Å². The molecule has 0 heterocycles. The molecule has 0 saturated carbocycles. The van der Waals surface area contributed by atoms with Gasteiger partial charge in [-0.2, -0.15) is 0 Å². The fraction of sp³-hybridized carbons (Fsp3) is 0.385. The molecule has 14 heavy (non-hydrogen) atoms. The second-order valence-corrected chi connectivity index (χ2v) is 3.73. The van der Waals surface area contributed by atoms with Gasteiger partial charge in [0.2, 0.25) is 0 Å². The lowest BCUT2D eigenvalue weighted by Crippen LogP contribution is -2.13. The van der Waals surface area contributed by atoms with Crippen LogP contribution in [0, 0.1) is 0 Å². The molecular formula is C13H19N. The Morgan fingerprint density at radius 3 is 2.57 bits per heavy atom. The minimum absolute atomic E-state index is 0.970. The average molecular weight is 189 g/mol. The summed E-state index contributed by atoms with van der Waals surface area (Å²) in [6, 6.07) is 10.5. The highest BCUT2D eigenvalue weighted by molar-refractivity contribution is 5.14. The van der Waals surface area contributed by atoms with E-state index in [9.17, 15) is 0 Å². The zero-order valence-electron chi connectivity index (χ0n) is 9.09. The zero-order chi connectivity index (χ0) is 10.2. The van der Waals surface area contributed by atoms with Crippen LogP contribution < -0.4 is 5.32 Å². The third kappa shape index (κ3) is 4.83. The molecule has 1 nitrogen and oxygen atoms in total. The van der Waals surface area contributed by atoms with Crippen molar-refractivity contribution in [3.8, 4) is 0 Å². The van der Waals surface area contributed by atoms with Gasteiger partial charge in [0.05, 0.1) is 0 Å². The van der Waals surface area contributed by atoms with Crippen molar-refractivity contribution in [3.05, 3.63) is 47.5 Å². The van der Waals surface area contributed by atoms with E-state index in [1.54, 1.807) is 0 Å². The fourth-order valence-electron chi connectivity index (χ4n) is 1.29. The summed E-state index contributed by atoms with van der Waals surface area (Å²) in [5, 5.41) is 3.41. The summed E-state index contributed by atoms with van der Waals surface area (Å²) in [4.78, 5) is 0. The molecule has 0 amide bonds. The molecule has 0 aliphatic carbocycles. The van der Waals surface area contributed by atoms with Gasteiger partial charge >= 0.3 is 0 Å². The largest absolute Gasteiger partial charge is 0.312 e. The molecule has 0 spiro atoms. The Kier molecular flexibility index (Phi) is 5.02. The van der Waals surface area contributed by atoms with Crippen LogP contribution in [0.5, 0.6) is 0 Å². The van der Waals surface area contributed by atoms with Gasteiger partial charge in [0.1, 0.15) is 0 Å². The molecule has 76 valence electrons. The van der Waals surface area contributed by atoms with Crippen molar-refractivity contribution in [1.82, 2.24) is 5.32 Å².